The Morgan fingerprint density at radius 1 is 0.773 bits per heavy atom. The molecule has 0 aromatic heterocycles. The molecule has 44 heavy (non-hydrogen) atoms. The van der Waals surface area contributed by atoms with Crippen molar-refractivity contribution in [3.63, 3.8) is 0 Å². The van der Waals surface area contributed by atoms with Crippen molar-refractivity contribution in [2.75, 3.05) is 13.2 Å². The number of rotatable bonds is 9. The fourth-order valence-corrected chi connectivity index (χ4v) is 12.3. The van der Waals surface area contributed by atoms with Crippen LogP contribution in [0.2, 0.25) is 23.2 Å². The van der Waals surface area contributed by atoms with Crippen molar-refractivity contribution in [3.8, 4) is 0 Å². The molecule has 6 nitrogen and oxygen atoms in total. The van der Waals surface area contributed by atoms with E-state index in [0.29, 0.717) is 13.2 Å². The van der Waals surface area contributed by atoms with Crippen LogP contribution in [0.3, 0.4) is 0 Å². The Kier molecular flexibility index (Phi) is 10.2. The van der Waals surface area contributed by atoms with Gasteiger partial charge in [-0.2, -0.15) is 0 Å². The van der Waals surface area contributed by atoms with Gasteiger partial charge in [0.05, 0.1) is 12.7 Å². The lowest BCUT2D eigenvalue weighted by atomic mass is 9.92. The van der Waals surface area contributed by atoms with E-state index in [-0.39, 0.29) is 40.4 Å². The summed E-state index contributed by atoms with van der Waals surface area (Å²) < 4.78 is 40.6. The molecule has 2 aromatic rings. The van der Waals surface area contributed by atoms with E-state index < -0.39 is 28.2 Å². The Hall–Kier alpha value is -1.37. The zero-order chi connectivity index (χ0) is 32.8. The van der Waals surface area contributed by atoms with Crippen LogP contribution in [-0.2, 0) is 27.8 Å². The zero-order valence-corrected chi connectivity index (χ0v) is 31.5. The average Bonchev–Trinajstić information content (AvgIpc) is 3.28. The van der Waals surface area contributed by atoms with Crippen LogP contribution in [0.5, 0.6) is 0 Å². The van der Waals surface area contributed by atoms with Crippen LogP contribution in [0.15, 0.2) is 60.7 Å². The van der Waals surface area contributed by atoms with Crippen molar-refractivity contribution in [2.45, 2.75) is 135 Å². The molecular formula is C36H58O6Si2. The second-order valence-corrected chi connectivity index (χ2v) is 25.3. The van der Waals surface area contributed by atoms with Gasteiger partial charge in [0, 0.05) is 12.5 Å². The summed E-state index contributed by atoms with van der Waals surface area (Å²) in [6.07, 6.45) is -1.24. The first-order valence-corrected chi connectivity index (χ1v) is 21.1. The molecule has 0 radical (unpaired) electrons. The fraction of sp³-hybridized carbons (Fsp3) is 0.667. The van der Waals surface area contributed by atoms with Gasteiger partial charge in [-0.15, -0.1) is 0 Å². The molecule has 0 N–H and O–H groups in total. The van der Waals surface area contributed by atoms with E-state index >= 15 is 0 Å². The Balaban J connectivity index is 1.74. The minimum Gasteiger partial charge on any atom is -0.408 e. The van der Waals surface area contributed by atoms with Gasteiger partial charge in [-0.05, 0) is 61.2 Å². The molecule has 0 saturated carbocycles. The van der Waals surface area contributed by atoms with E-state index in [1.165, 1.54) is 10.4 Å². The number of ether oxygens (including phenoxy) is 4. The third kappa shape index (κ3) is 7.44. The van der Waals surface area contributed by atoms with Crippen molar-refractivity contribution < 1.29 is 27.8 Å². The predicted octanol–water partition coefficient (Wildman–Crippen LogP) is 7.26. The standard InChI is InChI=1S/C36H58O6Si2/c1-26(24-38-44(34(5,6)7,27-20-16-14-17-21-27)28-22-18-15-19-23-28)30-32(42-43(12,13)33(2,3)4)31(41-36(10,11)40-30)29-25-37-35(8,9)39-29/h14-23,26,29-32H,24-25H2,1-13H3/t26-,29+,30+,31-,32-/m1/s1. The number of hydrogen-bond donors (Lipinski definition) is 0. The van der Waals surface area contributed by atoms with Crippen molar-refractivity contribution in [2.24, 2.45) is 5.92 Å². The van der Waals surface area contributed by atoms with Gasteiger partial charge in [-0.25, -0.2) is 0 Å². The van der Waals surface area contributed by atoms with Gasteiger partial charge < -0.3 is 27.8 Å². The second kappa shape index (κ2) is 12.7. The first kappa shape index (κ1) is 35.5. The average molecular weight is 643 g/mol. The first-order valence-electron chi connectivity index (χ1n) is 16.3. The predicted molar refractivity (Wildman–Crippen MR) is 184 cm³/mol. The summed E-state index contributed by atoms with van der Waals surface area (Å²) in [5, 5.41) is 2.43. The lowest BCUT2D eigenvalue weighted by Gasteiger charge is -2.52. The van der Waals surface area contributed by atoms with E-state index in [0.717, 1.165) is 0 Å². The van der Waals surface area contributed by atoms with Crippen molar-refractivity contribution in [3.05, 3.63) is 60.7 Å². The van der Waals surface area contributed by atoms with Gasteiger partial charge >= 0.3 is 0 Å². The molecular weight excluding hydrogens is 585 g/mol. The van der Waals surface area contributed by atoms with Crippen molar-refractivity contribution in [1.82, 2.24) is 0 Å². The highest BCUT2D eigenvalue weighted by Gasteiger charge is 2.56. The van der Waals surface area contributed by atoms with Gasteiger partial charge in [0.25, 0.3) is 8.32 Å². The molecule has 0 amide bonds. The van der Waals surface area contributed by atoms with Crippen LogP contribution in [0.1, 0.15) is 76.2 Å². The minimum atomic E-state index is -2.74. The van der Waals surface area contributed by atoms with E-state index in [1.54, 1.807) is 0 Å². The van der Waals surface area contributed by atoms with E-state index in [1.807, 2.05) is 27.7 Å². The van der Waals surface area contributed by atoms with Crippen molar-refractivity contribution in [1.29, 1.82) is 0 Å². The third-order valence-corrected chi connectivity index (χ3v) is 19.1. The number of hydrogen-bond acceptors (Lipinski definition) is 6. The van der Waals surface area contributed by atoms with Crippen LogP contribution in [0, 0.1) is 5.92 Å². The Labute approximate surface area is 269 Å². The molecule has 0 bridgehead atoms. The smallest absolute Gasteiger partial charge is 0.261 e. The van der Waals surface area contributed by atoms with Gasteiger partial charge in [0.1, 0.15) is 18.3 Å². The Morgan fingerprint density at radius 2 is 1.30 bits per heavy atom. The molecule has 0 unspecified atom stereocenters. The summed E-state index contributed by atoms with van der Waals surface area (Å²) in [4.78, 5) is 0. The summed E-state index contributed by atoms with van der Waals surface area (Å²) in [5.41, 5.74) is 0. The molecule has 4 rings (SSSR count). The monoisotopic (exact) mass is 642 g/mol. The summed E-state index contributed by atoms with van der Waals surface area (Å²) in [5.74, 6) is -1.50. The van der Waals surface area contributed by atoms with Gasteiger partial charge in [-0.1, -0.05) is 109 Å². The van der Waals surface area contributed by atoms with Crippen LogP contribution in [0.25, 0.3) is 0 Å². The summed E-state index contributed by atoms with van der Waals surface area (Å²) in [6.45, 7) is 29.4. The van der Waals surface area contributed by atoms with E-state index in [2.05, 4.69) is 122 Å². The Bertz CT molecular complexity index is 1180. The SMILES string of the molecule is C[C@H](CO[Si](c1ccccc1)(c1ccccc1)C(C)(C)C)[C@@H]1OC(C)(C)O[C@H]([C@@H]2COC(C)(C)O2)[C@@H]1O[Si](C)(C)C(C)(C)C. The molecule has 246 valence electrons. The maximum Gasteiger partial charge on any atom is 0.261 e. The molecule has 2 saturated heterocycles. The Morgan fingerprint density at radius 3 is 1.73 bits per heavy atom. The molecule has 0 aliphatic carbocycles. The van der Waals surface area contributed by atoms with Crippen LogP contribution in [-0.4, -0.2) is 65.8 Å². The summed E-state index contributed by atoms with van der Waals surface area (Å²) >= 11 is 0. The van der Waals surface area contributed by atoms with Gasteiger partial charge in [0.15, 0.2) is 19.9 Å². The molecule has 5 atom stereocenters. The molecule has 2 aromatic carbocycles. The first-order chi connectivity index (χ1) is 20.2. The number of benzene rings is 2. The highest BCUT2D eigenvalue weighted by atomic mass is 28.4. The second-order valence-electron chi connectivity index (χ2n) is 16.2. The lowest BCUT2D eigenvalue weighted by Crippen LogP contribution is -2.68. The van der Waals surface area contributed by atoms with Gasteiger partial charge in [-0.3, -0.25) is 0 Å². The zero-order valence-electron chi connectivity index (χ0n) is 29.5. The molecule has 8 heteroatoms. The maximum absolute atomic E-state index is 7.41. The van der Waals surface area contributed by atoms with E-state index in [4.69, 9.17) is 27.8 Å². The summed E-state index contributed by atoms with van der Waals surface area (Å²) in [6, 6.07) is 21.6. The van der Waals surface area contributed by atoms with Crippen LogP contribution < -0.4 is 10.4 Å². The molecule has 2 aliphatic rings. The van der Waals surface area contributed by atoms with E-state index in [9.17, 15) is 0 Å². The van der Waals surface area contributed by atoms with Crippen LogP contribution in [0.4, 0.5) is 0 Å². The largest absolute Gasteiger partial charge is 0.408 e. The highest BCUT2D eigenvalue weighted by molar-refractivity contribution is 6.99. The molecule has 0 spiro atoms. The quantitative estimate of drug-likeness (QED) is 0.269. The van der Waals surface area contributed by atoms with Crippen molar-refractivity contribution >= 4 is 27.0 Å². The van der Waals surface area contributed by atoms with Crippen LogP contribution >= 0.6 is 0 Å². The lowest BCUT2D eigenvalue weighted by molar-refractivity contribution is -0.351. The molecule has 2 heterocycles. The maximum atomic E-state index is 7.41. The fourth-order valence-electron chi connectivity index (χ4n) is 6.37. The topological polar surface area (TPSA) is 55.4 Å². The normalized spacial score (nSPS) is 26.8. The third-order valence-electron chi connectivity index (χ3n) is 9.66. The minimum absolute atomic E-state index is 0.00687. The molecule has 2 aliphatic heterocycles. The summed E-state index contributed by atoms with van der Waals surface area (Å²) in [7, 11) is -4.97. The highest BCUT2D eigenvalue weighted by Crippen LogP contribution is 2.44. The molecule has 2 fully saturated rings. The van der Waals surface area contributed by atoms with Gasteiger partial charge in [0.2, 0.25) is 0 Å².